The number of sulfonamides is 1. The highest BCUT2D eigenvalue weighted by molar-refractivity contribution is 7.89. The SMILES string of the molecule is CN(N)S(=O)(=O)c1cc([N+](=O)[O-])ccc1OCc1ccccn1.Cl. The van der Waals surface area contributed by atoms with E-state index in [-0.39, 0.29) is 35.3 Å². The predicted molar refractivity (Wildman–Crippen MR) is 88.0 cm³/mol. The molecular formula is C13H15ClN4O5S. The molecule has 1 aromatic carbocycles. The smallest absolute Gasteiger partial charge is 0.271 e. The van der Waals surface area contributed by atoms with Crippen LogP contribution in [-0.2, 0) is 16.6 Å². The number of benzene rings is 1. The van der Waals surface area contributed by atoms with Gasteiger partial charge in [0.2, 0.25) is 0 Å². The maximum Gasteiger partial charge on any atom is 0.271 e. The molecule has 0 saturated heterocycles. The van der Waals surface area contributed by atoms with E-state index in [1.807, 2.05) is 0 Å². The molecule has 1 heterocycles. The first-order valence-electron chi connectivity index (χ1n) is 6.37. The highest BCUT2D eigenvalue weighted by atomic mass is 35.5. The Bertz CT molecular complexity index is 814. The molecule has 0 amide bonds. The summed E-state index contributed by atoms with van der Waals surface area (Å²) in [5.41, 5.74) is 0.200. The van der Waals surface area contributed by atoms with Crippen molar-refractivity contribution in [3.63, 3.8) is 0 Å². The van der Waals surface area contributed by atoms with Crippen molar-refractivity contribution in [1.29, 1.82) is 0 Å². The van der Waals surface area contributed by atoms with E-state index >= 15 is 0 Å². The van der Waals surface area contributed by atoms with E-state index in [9.17, 15) is 18.5 Å². The summed E-state index contributed by atoms with van der Waals surface area (Å²) in [4.78, 5) is 13.8. The van der Waals surface area contributed by atoms with Crippen LogP contribution in [0.25, 0.3) is 0 Å². The average Bonchev–Trinajstić information content (AvgIpc) is 2.53. The van der Waals surface area contributed by atoms with Gasteiger partial charge in [0.1, 0.15) is 17.3 Å². The molecule has 9 nitrogen and oxygen atoms in total. The standard InChI is InChI=1S/C13H14N4O5S.ClH/c1-16(14)23(20,21)13-8-11(17(18)19)5-6-12(13)22-9-10-4-2-3-7-15-10;/h2-8H,9,14H2,1H3;1H. The van der Waals surface area contributed by atoms with Gasteiger partial charge in [0.15, 0.2) is 0 Å². The number of nitro groups is 1. The number of hydrazine groups is 1. The first kappa shape index (κ1) is 19.8. The van der Waals surface area contributed by atoms with Gasteiger partial charge in [0.25, 0.3) is 15.7 Å². The van der Waals surface area contributed by atoms with Gasteiger partial charge in [0.05, 0.1) is 10.6 Å². The van der Waals surface area contributed by atoms with E-state index < -0.39 is 14.9 Å². The zero-order valence-corrected chi connectivity index (χ0v) is 14.2. The molecule has 130 valence electrons. The molecule has 0 atom stereocenters. The van der Waals surface area contributed by atoms with Gasteiger partial charge in [-0.15, -0.1) is 16.8 Å². The molecule has 2 rings (SSSR count). The number of nitro benzene ring substituents is 1. The molecule has 0 fully saturated rings. The topological polar surface area (TPSA) is 129 Å². The molecule has 0 aliphatic heterocycles. The summed E-state index contributed by atoms with van der Waals surface area (Å²) < 4.78 is 30.4. The van der Waals surface area contributed by atoms with Crippen molar-refractivity contribution in [3.05, 3.63) is 58.4 Å². The predicted octanol–water partition coefficient (Wildman–Crippen LogP) is 1.48. The summed E-state index contributed by atoms with van der Waals surface area (Å²) in [6.45, 7) is 0.00938. The minimum absolute atomic E-state index is 0. The van der Waals surface area contributed by atoms with Crippen LogP contribution < -0.4 is 10.6 Å². The number of hydrogen-bond donors (Lipinski definition) is 1. The fourth-order valence-corrected chi connectivity index (χ4v) is 2.68. The lowest BCUT2D eigenvalue weighted by molar-refractivity contribution is -0.385. The first-order chi connectivity index (χ1) is 10.8. The summed E-state index contributed by atoms with van der Waals surface area (Å²) in [5, 5.41) is 10.9. The minimum atomic E-state index is -4.11. The van der Waals surface area contributed by atoms with Crippen LogP contribution in [0.5, 0.6) is 5.75 Å². The van der Waals surface area contributed by atoms with E-state index in [1.165, 1.54) is 6.07 Å². The lowest BCUT2D eigenvalue weighted by Crippen LogP contribution is -2.33. The number of ether oxygens (including phenoxy) is 1. The van der Waals surface area contributed by atoms with Gasteiger partial charge >= 0.3 is 0 Å². The van der Waals surface area contributed by atoms with Crippen molar-refractivity contribution in [2.45, 2.75) is 11.5 Å². The Balaban J connectivity index is 0.00000288. The van der Waals surface area contributed by atoms with Crippen molar-refractivity contribution in [1.82, 2.24) is 9.40 Å². The summed E-state index contributed by atoms with van der Waals surface area (Å²) >= 11 is 0. The molecule has 2 aromatic rings. The molecule has 0 spiro atoms. The van der Waals surface area contributed by atoms with E-state index in [1.54, 1.807) is 24.4 Å². The van der Waals surface area contributed by atoms with Crippen LogP contribution in [-0.4, -0.2) is 29.8 Å². The fraction of sp³-hybridized carbons (Fsp3) is 0.154. The molecule has 0 bridgehead atoms. The summed E-state index contributed by atoms with van der Waals surface area (Å²) in [6.07, 6.45) is 1.57. The van der Waals surface area contributed by atoms with E-state index in [0.29, 0.717) is 10.1 Å². The van der Waals surface area contributed by atoms with E-state index in [2.05, 4.69) is 4.98 Å². The van der Waals surface area contributed by atoms with Gasteiger partial charge in [-0.1, -0.05) is 6.07 Å². The first-order valence-corrected chi connectivity index (χ1v) is 7.81. The molecule has 2 N–H and O–H groups in total. The number of nitrogens with zero attached hydrogens (tertiary/aromatic N) is 3. The Morgan fingerprint density at radius 3 is 2.58 bits per heavy atom. The number of nitrogens with two attached hydrogens (primary N) is 1. The number of aromatic nitrogens is 1. The third kappa shape index (κ3) is 4.38. The highest BCUT2D eigenvalue weighted by Gasteiger charge is 2.26. The van der Waals surface area contributed by atoms with Crippen molar-refractivity contribution in [3.8, 4) is 5.75 Å². The van der Waals surface area contributed by atoms with Crippen LogP contribution >= 0.6 is 12.4 Å². The Hall–Kier alpha value is -2.27. The summed E-state index contributed by atoms with van der Waals surface area (Å²) in [6, 6.07) is 8.48. The van der Waals surface area contributed by atoms with Crippen molar-refractivity contribution in [2.75, 3.05) is 7.05 Å². The van der Waals surface area contributed by atoms with Crippen molar-refractivity contribution in [2.24, 2.45) is 5.84 Å². The van der Waals surface area contributed by atoms with Gasteiger partial charge < -0.3 is 4.74 Å². The number of rotatable bonds is 6. The Labute approximate surface area is 144 Å². The molecule has 0 aliphatic carbocycles. The lowest BCUT2D eigenvalue weighted by atomic mass is 10.3. The normalized spacial score (nSPS) is 11.0. The van der Waals surface area contributed by atoms with Gasteiger partial charge in [0, 0.05) is 25.4 Å². The van der Waals surface area contributed by atoms with E-state index in [0.717, 1.165) is 19.2 Å². The van der Waals surface area contributed by atoms with Crippen LogP contribution in [0.1, 0.15) is 5.69 Å². The van der Waals surface area contributed by atoms with Crippen molar-refractivity contribution < 1.29 is 18.1 Å². The number of pyridine rings is 1. The third-order valence-corrected chi connectivity index (χ3v) is 4.53. The number of non-ortho nitro benzene ring substituents is 1. The number of hydrogen-bond acceptors (Lipinski definition) is 7. The van der Waals surface area contributed by atoms with Crippen LogP contribution in [0.15, 0.2) is 47.5 Å². The van der Waals surface area contributed by atoms with Crippen LogP contribution in [0.2, 0.25) is 0 Å². The second kappa shape index (κ2) is 8.02. The second-order valence-electron chi connectivity index (χ2n) is 4.52. The quantitative estimate of drug-likeness (QED) is 0.460. The van der Waals surface area contributed by atoms with Crippen molar-refractivity contribution >= 4 is 28.1 Å². The zero-order chi connectivity index (χ0) is 17.0. The lowest BCUT2D eigenvalue weighted by Gasteiger charge is -2.15. The van der Waals surface area contributed by atoms with Gasteiger partial charge in [-0.25, -0.2) is 8.42 Å². The minimum Gasteiger partial charge on any atom is -0.486 e. The maximum absolute atomic E-state index is 12.2. The van der Waals surface area contributed by atoms with Gasteiger partial charge in [-0.3, -0.25) is 20.9 Å². The zero-order valence-electron chi connectivity index (χ0n) is 12.5. The molecule has 11 heteroatoms. The molecule has 1 aromatic heterocycles. The van der Waals surface area contributed by atoms with Crippen LogP contribution in [0.3, 0.4) is 0 Å². The molecule has 24 heavy (non-hydrogen) atoms. The molecule has 0 unspecified atom stereocenters. The Kier molecular flexibility index (Phi) is 6.60. The second-order valence-corrected chi connectivity index (χ2v) is 6.49. The monoisotopic (exact) mass is 374 g/mol. The molecule has 0 aliphatic rings. The van der Waals surface area contributed by atoms with Gasteiger partial charge in [-0.05, 0) is 18.2 Å². The molecule has 0 radical (unpaired) electrons. The largest absolute Gasteiger partial charge is 0.486 e. The van der Waals surface area contributed by atoms with Crippen LogP contribution in [0, 0.1) is 10.1 Å². The number of halogens is 1. The fourth-order valence-electron chi connectivity index (χ4n) is 1.72. The molecule has 0 saturated carbocycles. The maximum atomic E-state index is 12.2. The average molecular weight is 375 g/mol. The summed E-state index contributed by atoms with van der Waals surface area (Å²) in [5.74, 6) is 5.27. The van der Waals surface area contributed by atoms with Crippen LogP contribution in [0.4, 0.5) is 5.69 Å². The Morgan fingerprint density at radius 1 is 1.33 bits per heavy atom. The van der Waals surface area contributed by atoms with Gasteiger partial charge in [-0.2, -0.15) is 0 Å². The molecular weight excluding hydrogens is 360 g/mol. The Morgan fingerprint density at radius 2 is 2.04 bits per heavy atom. The summed E-state index contributed by atoms with van der Waals surface area (Å²) in [7, 11) is -2.98. The third-order valence-electron chi connectivity index (χ3n) is 2.90. The highest BCUT2D eigenvalue weighted by Crippen LogP contribution is 2.30. The van der Waals surface area contributed by atoms with E-state index in [4.69, 9.17) is 10.6 Å².